The van der Waals surface area contributed by atoms with Crippen LogP contribution in [0.15, 0.2) is 60.7 Å². The normalized spacial score (nSPS) is 16.3. The molecule has 0 aliphatic carbocycles. The van der Waals surface area contributed by atoms with Crippen LogP contribution in [0.25, 0.3) is 11.1 Å². The van der Waals surface area contributed by atoms with Crippen molar-refractivity contribution in [3.63, 3.8) is 0 Å². The van der Waals surface area contributed by atoms with Crippen molar-refractivity contribution in [2.24, 2.45) is 5.73 Å². The lowest BCUT2D eigenvalue weighted by molar-refractivity contribution is 0.0646. The number of ether oxygens (including phenoxy) is 1. The van der Waals surface area contributed by atoms with Gasteiger partial charge in [0, 0.05) is 47.2 Å². The average molecular weight is 460 g/mol. The Balaban J connectivity index is 1.35. The van der Waals surface area contributed by atoms with Gasteiger partial charge in [0.2, 0.25) is 0 Å². The largest absolute Gasteiger partial charge is 0.492 e. The van der Waals surface area contributed by atoms with Gasteiger partial charge in [-0.2, -0.15) is 0 Å². The summed E-state index contributed by atoms with van der Waals surface area (Å²) < 4.78 is 20.8. The van der Waals surface area contributed by atoms with Gasteiger partial charge in [0.15, 0.2) is 0 Å². The van der Waals surface area contributed by atoms with E-state index in [1.165, 1.54) is 11.6 Å². The van der Waals surface area contributed by atoms with Gasteiger partial charge in [-0.25, -0.2) is 4.39 Å². The van der Waals surface area contributed by atoms with E-state index in [2.05, 4.69) is 6.07 Å². The van der Waals surface area contributed by atoms with Crippen LogP contribution in [0, 0.1) is 5.82 Å². The van der Waals surface area contributed by atoms with Crippen molar-refractivity contribution in [1.29, 1.82) is 0 Å². The molecule has 0 aromatic heterocycles. The highest BCUT2D eigenvalue weighted by Crippen LogP contribution is 2.46. The smallest absolute Gasteiger partial charge is 0.491 e. The molecule has 8 heteroatoms. The number of piperidine rings is 1. The third-order valence-electron chi connectivity index (χ3n) is 7.09. The summed E-state index contributed by atoms with van der Waals surface area (Å²) in [5.41, 5.74) is 8.98. The van der Waals surface area contributed by atoms with Crippen LogP contribution in [0.4, 0.5) is 4.39 Å². The van der Waals surface area contributed by atoms with Gasteiger partial charge < -0.3 is 25.4 Å². The third kappa shape index (κ3) is 3.88. The van der Waals surface area contributed by atoms with E-state index in [-0.39, 0.29) is 22.3 Å². The highest BCUT2D eigenvalue weighted by molar-refractivity contribution is 6.58. The van der Waals surface area contributed by atoms with Crippen molar-refractivity contribution in [1.82, 2.24) is 4.90 Å². The topological polar surface area (TPSA) is 96.0 Å². The molecule has 1 fully saturated rings. The number of hydrogen-bond donors (Lipinski definition) is 3. The Morgan fingerprint density at radius 2 is 1.85 bits per heavy atom. The summed E-state index contributed by atoms with van der Waals surface area (Å²) in [6, 6.07) is 17.3. The van der Waals surface area contributed by atoms with E-state index in [4.69, 9.17) is 10.5 Å². The Kier molecular flexibility index (Phi) is 5.89. The number of carbonyl (C=O) groups excluding carboxylic acids is 1. The van der Waals surface area contributed by atoms with Crippen molar-refractivity contribution >= 4 is 18.5 Å². The Hall–Kier alpha value is -3.20. The molecule has 0 unspecified atom stereocenters. The van der Waals surface area contributed by atoms with Crippen LogP contribution >= 0.6 is 0 Å². The van der Waals surface area contributed by atoms with Gasteiger partial charge in [0.1, 0.15) is 11.6 Å². The molecule has 4 N–H and O–H groups in total. The van der Waals surface area contributed by atoms with E-state index in [0.717, 1.165) is 24.2 Å². The minimum atomic E-state index is -1.91. The van der Waals surface area contributed by atoms with Crippen LogP contribution in [0.5, 0.6) is 5.75 Å². The van der Waals surface area contributed by atoms with E-state index in [1.807, 2.05) is 17.0 Å². The zero-order valence-corrected chi connectivity index (χ0v) is 18.7. The molecule has 2 heterocycles. The molecule has 3 aromatic rings. The van der Waals surface area contributed by atoms with E-state index >= 15 is 0 Å². The second kappa shape index (κ2) is 8.87. The molecule has 2 aliphatic heterocycles. The fourth-order valence-corrected chi connectivity index (χ4v) is 5.06. The molecule has 0 bridgehead atoms. The quantitative estimate of drug-likeness (QED) is 0.519. The van der Waals surface area contributed by atoms with Crippen LogP contribution in [-0.4, -0.2) is 47.7 Å². The predicted molar refractivity (Wildman–Crippen MR) is 128 cm³/mol. The number of rotatable bonds is 4. The highest BCUT2D eigenvalue weighted by atomic mass is 19.1. The maximum Gasteiger partial charge on any atom is 0.491 e. The summed E-state index contributed by atoms with van der Waals surface area (Å²) in [5, 5.41) is 18.8. The summed E-state index contributed by atoms with van der Waals surface area (Å²) in [5.74, 6) is 0.0889. The van der Waals surface area contributed by atoms with Crippen LogP contribution in [0.3, 0.4) is 0 Å². The number of hydrogen-bond acceptors (Lipinski definition) is 5. The SMILES string of the molecule is NCc1ccc2c(c1)C1(CCN(C(=O)c3cccc(-c4cccc(B(O)O)c4F)c3)CC1)CO2. The number of benzene rings is 3. The van der Waals surface area contributed by atoms with Gasteiger partial charge in [-0.15, -0.1) is 0 Å². The second-order valence-electron chi connectivity index (χ2n) is 9.06. The molecule has 0 radical (unpaired) electrons. The number of halogens is 1. The minimum absolute atomic E-state index is 0.103. The van der Waals surface area contributed by atoms with E-state index < -0.39 is 12.9 Å². The number of likely N-dealkylation sites (tertiary alicyclic amines) is 1. The molecule has 6 nitrogen and oxygen atoms in total. The maximum absolute atomic E-state index is 14.8. The fourth-order valence-electron chi connectivity index (χ4n) is 5.06. The minimum Gasteiger partial charge on any atom is -0.492 e. The van der Waals surface area contributed by atoms with Gasteiger partial charge >= 0.3 is 7.12 Å². The van der Waals surface area contributed by atoms with Crippen molar-refractivity contribution < 1.29 is 24.0 Å². The van der Waals surface area contributed by atoms with Gasteiger partial charge in [-0.05, 0) is 42.2 Å². The van der Waals surface area contributed by atoms with Crippen molar-refractivity contribution in [2.45, 2.75) is 24.8 Å². The predicted octanol–water partition coefficient (Wildman–Crippen LogP) is 2.20. The molecule has 34 heavy (non-hydrogen) atoms. The van der Waals surface area contributed by atoms with E-state index in [1.54, 1.807) is 36.4 Å². The lowest BCUT2D eigenvalue weighted by Gasteiger charge is -2.38. The first-order valence-corrected chi connectivity index (χ1v) is 11.4. The van der Waals surface area contributed by atoms with E-state index in [0.29, 0.717) is 37.4 Å². The zero-order valence-electron chi connectivity index (χ0n) is 18.7. The maximum atomic E-state index is 14.8. The Morgan fingerprint density at radius 3 is 2.59 bits per heavy atom. The summed E-state index contributed by atoms with van der Waals surface area (Å²) in [6.45, 7) is 2.28. The molecule has 0 saturated carbocycles. The van der Waals surface area contributed by atoms with Crippen molar-refractivity contribution in [3.8, 4) is 16.9 Å². The third-order valence-corrected chi connectivity index (χ3v) is 7.09. The molecule has 1 saturated heterocycles. The number of nitrogens with two attached hydrogens (primary N) is 1. The number of carbonyl (C=O) groups is 1. The van der Waals surface area contributed by atoms with Crippen LogP contribution in [-0.2, 0) is 12.0 Å². The Bertz CT molecular complexity index is 1240. The summed E-state index contributed by atoms with van der Waals surface area (Å²) in [7, 11) is -1.91. The molecule has 3 aromatic carbocycles. The van der Waals surface area contributed by atoms with E-state index in [9.17, 15) is 19.2 Å². The number of nitrogens with zero attached hydrogens (tertiary/aromatic N) is 1. The van der Waals surface area contributed by atoms with Gasteiger partial charge in [0.25, 0.3) is 5.91 Å². The standard InChI is InChI=1S/C26H26BFN2O4/c28-24-20(5-2-6-22(24)27(32)33)18-3-1-4-19(14-18)25(31)30-11-9-26(10-12-30)16-34-23-8-7-17(15-29)13-21(23)26/h1-8,13-14,32-33H,9-12,15-16,29H2. The lowest BCUT2D eigenvalue weighted by Crippen LogP contribution is -2.46. The van der Waals surface area contributed by atoms with Crippen molar-refractivity contribution in [3.05, 3.63) is 83.2 Å². The zero-order chi connectivity index (χ0) is 23.9. The lowest BCUT2D eigenvalue weighted by atomic mass is 9.74. The first kappa shape index (κ1) is 22.6. The molecule has 1 amide bonds. The van der Waals surface area contributed by atoms with Crippen LogP contribution < -0.4 is 15.9 Å². The van der Waals surface area contributed by atoms with Crippen LogP contribution in [0.1, 0.15) is 34.3 Å². The molecule has 0 atom stereocenters. The summed E-state index contributed by atoms with van der Waals surface area (Å²) in [4.78, 5) is 15.1. The van der Waals surface area contributed by atoms with Gasteiger partial charge in [-0.3, -0.25) is 4.79 Å². The number of amides is 1. The number of fused-ring (bicyclic) bond motifs is 2. The first-order chi connectivity index (χ1) is 16.4. The second-order valence-corrected chi connectivity index (χ2v) is 9.06. The average Bonchev–Trinajstić information content (AvgIpc) is 3.21. The van der Waals surface area contributed by atoms with Crippen molar-refractivity contribution in [2.75, 3.05) is 19.7 Å². The van der Waals surface area contributed by atoms with Gasteiger partial charge in [0.05, 0.1) is 6.61 Å². The summed E-state index contributed by atoms with van der Waals surface area (Å²) in [6.07, 6.45) is 1.59. The fraction of sp³-hybridized carbons (Fsp3) is 0.269. The molecule has 2 aliphatic rings. The summed E-state index contributed by atoms with van der Waals surface area (Å²) >= 11 is 0. The Morgan fingerprint density at radius 1 is 1.09 bits per heavy atom. The molecule has 174 valence electrons. The highest BCUT2D eigenvalue weighted by Gasteiger charge is 2.44. The molecule has 5 rings (SSSR count). The molecule has 1 spiro atoms. The monoisotopic (exact) mass is 460 g/mol. The van der Waals surface area contributed by atoms with Gasteiger partial charge in [-0.1, -0.05) is 42.5 Å². The van der Waals surface area contributed by atoms with Crippen LogP contribution in [0.2, 0.25) is 0 Å². The molecular formula is C26H26BFN2O4. The Labute approximate surface area is 197 Å². The molecular weight excluding hydrogens is 434 g/mol. The first-order valence-electron chi connectivity index (χ1n) is 11.4.